The van der Waals surface area contributed by atoms with Gasteiger partial charge in [0.15, 0.2) is 0 Å². The van der Waals surface area contributed by atoms with Crippen LogP contribution in [0.2, 0.25) is 0 Å². The highest BCUT2D eigenvalue weighted by molar-refractivity contribution is 7.59. The molecule has 1 saturated heterocycles. The average molecular weight is 474 g/mol. The lowest BCUT2D eigenvalue weighted by Gasteiger charge is -2.32. The van der Waals surface area contributed by atoms with Crippen LogP contribution in [0.3, 0.4) is 0 Å². The number of aliphatic hydroxyl groups is 1. The van der Waals surface area contributed by atoms with Crippen LogP contribution < -0.4 is 5.56 Å². The summed E-state index contributed by atoms with van der Waals surface area (Å²) >= 11 is 0. The van der Waals surface area contributed by atoms with Crippen molar-refractivity contribution in [1.82, 2.24) is 14.8 Å². The SMILES string of the molecule is CN(C(=O)Cc1ccc2[nH]c(=O)ccc2c1)[C@H](CN1CC[C@H](O)C1)c1ccccc1.S.S. The van der Waals surface area contributed by atoms with E-state index in [2.05, 4.69) is 9.88 Å². The summed E-state index contributed by atoms with van der Waals surface area (Å²) in [6.07, 6.45) is 0.780. The number of carbonyl (C=O) groups excluding carboxylic acids is 1. The van der Waals surface area contributed by atoms with Crippen molar-refractivity contribution in [2.45, 2.75) is 25.0 Å². The molecule has 3 aromatic rings. The summed E-state index contributed by atoms with van der Waals surface area (Å²) in [5.74, 6) is 0.0346. The van der Waals surface area contributed by atoms with Crippen molar-refractivity contribution in [3.05, 3.63) is 82.1 Å². The van der Waals surface area contributed by atoms with Crippen LogP contribution in [0, 0.1) is 0 Å². The number of hydrogen-bond donors (Lipinski definition) is 2. The molecule has 172 valence electrons. The van der Waals surface area contributed by atoms with Crippen LogP contribution in [0.1, 0.15) is 23.6 Å². The van der Waals surface area contributed by atoms with E-state index in [1.165, 1.54) is 6.07 Å². The van der Waals surface area contributed by atoms with Crippen molar-refractivity contribution < 1.29 is 9.90 Å². The molecule has 0 radical (unpaired) electrons. The molecule has 8 heteroatoms. The number of fused-ring (bicyclic) bond motifs is 1. The quantitative estimate of drug-likeness (QED) is 0.577. The lowest BCUT2D eigenvalue weighted by Crippen LogP contribution is -2.39. The van der Waals surface area contributed by atoms with Gasteiger partial charge in [0.1, 0.15) is 0 Å². The zero-order valence-corrected chi connectivity index (χ0v) is 20.1. The summed E-state index contributed by atoms with van der Waals surface area (Å²) in [5.41, 5.74) is 2.63. The van der Waals surface area contributed by atoms with Crippen molar-refractivity contribution in [2.24, 2.45) is 0 Å². The van der Waals surface area contributed by atoms with Crippen LogP contribution in [0.15, 0.2) is 65.5 Å². The maximum absolute atomic E-state index is 13.2. The van der Waals surface area contributed by atoms with Gasteiger partial charge in [-0.25, -0.2) is 0 Å². The Bertz CT molecular complexity index is 1090. The Morgan fingerprint density at radius 2 is 1.91 bits per heavy atom. The number of β-amino-alcohol motifs (C(OH)–C–C–N with tert-alkyl or cyclic N) is 1. The van der Waals surface area contributed by atoms with E-state index in [9.17, 15) is 14.7 Å². The molecule has 2 aromatic carbocycles. The first-order chi connectivity index (χ1) is 14.5. The molecule has 0 spiro atoms. The largest absolute Gasteiger partial charge is 0.392 e. The molecule has 1 aliphatic heterocycles. The lowest BCUT2D eigenvalue weighted by molar-refractivity contribution is -0.131. The smallest absolute Gasteiger partial charge is 0.248 e. The van der Waals surface area contributed by atoms with E-state index in [1.807, 2.05) is 60.5 Å². The fourth-order valence-corrected chi connectivity index (χ4v) is 4.14. The molecule has 32 heavy (non-hydrogen) atoms. The van der Waals surface area contributed by atoms with Crippen molar-refractivity contribution in [3.63, 3.8) is 0 Å². The van der Waals surface area contributed by atoms with Gasteiger partial charge in [-0.15, -0.1) is 0 Å². The molecule has 0 saturated carbocycles. The Balaban J connectivity index is 0.00000181. The Morgan fingerprint density at radius 1 is 1.16 bits per heavy atom. The minimum absolute atomic E-state index is 0. The molecule has 1 aromatic heterocycles. The number of benzene rings is 2. The van der Waals surface area contributed by atoms with Gasteiger partial charge in [0.05, 0.1) is 18.6 Å². The number of H-pyrrole nitrogens is 1. The maximum Gasteiger partial charge on any atom is 0.248 e. The number of aromatic nitrogens is 1. The third-order valence-electron chi connectivity index (χ3n) is 5.87. The molecule has 2 N–H and O–H groups in total. The number of nitrogens with one attached hydrogen (secondary N) is 1. The molecule has 1 aliphatic rings. The van der Waals surface area contributed by atoms with Gasteiger partial charge in [0, 0.05) is 38.3 Å². The van der Waals surface area contributed by atoms with Crippen LogP contribution >= 0.6 is 27.0 Å². The van der Waals surface area contributed by atoms with E-state index in [0.717, 1.165) is 35.0 Å². The van der Waals surface area contributed by atoms with Crippen LogP contribution in [0.5, 0.6) is 0 Å². The summed E-state index contributed by atoms with van der Waals surface area (Å²) < 4.78 is 0. The monoisotopic (exact) mass is 473 g/mol. The molecule has 2 atom stereocenters. The topological polar surface area (TPSA) is 76.6 Å². The Kier molecular flexibility index (Phi) is 9.39. The molecule has 0 unspecified atom stereocenters. The maximum atomic E-state index is 13.2. The van der Waals surface area contributed by atoms with Gasteiger partial charge < -0.3 is 15.0 Å². The minimum atomic E-state index is -0.286. The number of aromatic amines is 1. The van der Waals surface area contributed by atoms with Crippen molar-refractivity contribution in [2.75, 3.05) is 26.7 Å². The highest BCUT2D eigenvalue weighted by Crippen LogP contribution is 2.24. The van der Waals surface area contributed by atoms with E-state index in [-0.39, 0.29) is 57.0 Å². The number of amides is 1. The number of hydrogen-bond acceptors (Lipinski definition) is 4. The van der Waals surface area contributed by atoms with Crippen LogP contribution in [-0.4, -0.2) is 58.6 Å². The molecule has 2 heterocycles. The molecule has 0 bridgehead atoms. The number of likely N-dealkylation sites (N-methyl/N-ethyl adjacent to an activating group) is 1. The number of pyridine rings is 1. The second kappa shape index (κ2) is 11.6. The van der Waals surface area contributed by atoms with E-state index in [0.29, 0.717) is 13.1 Å². The Hall–Kier alpha value is -2.26. The summed E-state index contributed by atoms with van der Waals surface area (Å²) in [6, 6.07) is 18.9. The third-order valence-corrected chi connectivity index (χ3v) is 5.87. The number of likely N-dealkylation sites (tertiary alicyclic amines) is 1. The van der Waals surface area contributed by atoms with E-state index >= 15 is 0 Å². The Labute approximate surface area is 202 Å². The van der Waals surface area contributed by atoms with Gasteiger partial charge in [-0.05, 0) is 41.1 Å². The second-order valence-electron chi connectivity index (χ2n) is 8.05. The van der Waals surface area contributed by atoms with Gasteiger partial charge in [0.2, 0.25) is 11.5 Å². The molecule has 1 amide bonds. The summed E-state index contributed by atoms with van der Waals surface area (Å²) in [5, 5.41) is 10.8. The first-order valence-corrected chi connectivity index (χ1v) is 10.3. The van der Waals surface area contributed by atoms with Crippen LogP contribution in [0.25, 0.3) is 10.9 Å². The van der Waals surface area contributed by atoms with Crippen molar-refractivity contribution in [1.29, 1.82) is 0 Å². The van der Waals surface area contributed by atoms with E-state index < -0.39 is 0 Å². The fourth-order valence-electron chi connectivity index (χ4n) is 4.14. The molecule has 0 aliphatic carbocycles. The zero-order valence-electron chi connectivity index (χ0n) is 18.1. The van der Waals surface area contributed by atoms with Gasteiger partial charge >= 0.3 is 0 Å². The second-order valence-corrected chi connectivity index (χ2v) is 8.05. The average Bonchev–Trinajstić information content (AvgIpc) is 3.17. The first-order valence-electron chi connectivity index (χ1n) is 10.3. The fraction of sp³-hybridized carbons (Fsp3) is 0.333. The number of aliphatic hydroxyl groups excluding tert-OH is 1. The lowest BCUT2D eigenvalue weighted by atomic mass is 10.0. The summed E-state index contributed by atoms with van der Waals surface area (Å²) in [6.45, 7) is 2.19. The van der Waals surface area contributed by atoms with Gasteiger partial charge in [-0.3, -0.25) is 14.5 Å². The summed E-state index contributed by atoms with van der Waals surface area (Å²) in [7, 11) is 1.85. The van der Waals surface area contributed by atoms with Gasteiger partial charge in [0.25, 0.3) is 0 Å². The zero-order chi connectivity index (χ0) is 21.1. The summed E-state index contributed by atoms with van der Waals surface area (Å²) in [4.78, 5) is 31.5. The van der Waals surface area contributed by atoms with Gasteiger partial charge in [-0.2, -0.15) is 27.0 Å². The Morgan fingerprint density at radius 3 is 2.59 bits per heavy atom. The number of nitrogens with zero attached hydrogens (tertiary/aromatic N) is 2. The molecular formula is C24H31N3O3S2. The highest BCUT2D eigenvalue weighted by atomic mass is 32.1. The molecule has 6 nitrogen and oxygen atoms in total. The molecule has 1 fully saturated rings. The normalized spacial score (nSPS) is 16.8. The number of carbonyl (C=O) groups is 1. The molecule has 4 rings (SSSR count). The third kappa shape index (κ3) is 6.16. The van der Waals surface area contributed by atoms with Gasteiger partial charge in [-0.1, -0.05) is 36.4 Å². The van der Waals surface area contributed by atoms with E-state index in [4.69, 9.17) is 0 Å². The highest BCUT2D eigenvalue weighted by Gasteiger charge is 2.28. The van der Waals surface area contributed by atoms with E-state index in [1.54, 1.807) is 6.07 Å². The van der Waals surface area contributed by atoms with Crippen molar-refractivity contribution >= 4 is 43.8 Å². The first kappa shape index (κ1) is 26.0. The standard InChI is InChI=1S/C24H27N3O3.2H2S/c1-26(22(18-5-3-2-4-6-18)16-27-12-11-20(28)15-27)24(30)14-17-7-9-21-19(13-17)8-10-23(29)25-21;;/h2-10,13,20,22,28H,11-12,14-16H2,1H3,(H,25,29);2*1H2/t20-,22+;;/m0../s1. The van der Waals surface area contributed by atoms with Crippen LogP contribution in [0.4, 0.5) is 0 Å². The number of rotatable bonds is 6. The predicted octanol–water partition coefficient (Wildman–Crippen LogP) is 2.56. The molecular weight excluding hydrogens is 442 g/mol. The minimum Gasteiger partial charge on any atom is -0.392 e. The van der Waals surface area contributed by atoms with Crippen molar-refractivity contribution in [3.8, 4) is 0 Å². The van der Waals surface area contributed by atoms with Crippen LogP contribution in [-0.2, 0) is 11.2 Å². The predicted molar refractivity (Wildman–Crippen MR) is 138 cm³/mol.